The van der Waals surface area contributed by atoms with Crippen LogP contribution in [-0.2, 0) is 27.8 Å². The Bertz CT molecular complexity index is 1170. The molecule has 0 bridgehead atoms. The van der Waals surface area contributed by atoms with Crippen LogP contribution < -0.4 is 9.62 Å². The summed E-state index contributed by atoms with van der Waals surface area (Å²) in [6.45, 7) is 4.59. The van der Waals surface area contributed by atoms with Crippen molar-refractivity contribution in [1.82, 2.24) is 9.55 Å². The molecule has 0 fully saturated rings. The number of nitrogens with zero attached hydrogens (tertiary/aromatic N) is 3. The standard InChI is InChI=1S/C22H24N4O3S/c1-16(2)17-7-9-19(10-8-17)24-21(27)13-25-14-22(23-15-25)30(28,29)26-12-11-18-5-3-4-6-20(18)26/h3-10,14-16H,11-13H2,1-2H3,(H,24,27). The van der Waals surface area contributed by atoms with Gasteiger partial charge in [-0.05, 0) is 41.7 Å². The van der Waals surface area contributed by atoms with Gasteiger partial charge in [-0.3, -0.25) is 9.10 Å². The Balaban J connectivity index is 1.44. The maximum atomic E-state index is 13.0. The Kier molecular flexibility index (Phi) is 5.34. The minimum Gasteiger partial charge on any atom is -0.327 e. The van der Waals surface area contributed by atoms with Gasteiger partial charge in [0.15, 0.2) is 5.03 Å². The number of imidazole rings is 1. The van der Waals surface area contributed by atoms with Crippen molar-refractivity contribution in [3.63, 3.8) is 0 Å². The van der Waals surface area contributed by atoms with Gasteiger partial charge in [-0.2, -0.15) is 8.42 Å². The van der Waals surface area contributed by atoms with E-state index in [1.54, 1.807) is 6.07 Å². The number of nitrogens with one attached hydrogen (secondary N) is 1. The second-order valence-electron chi connectivity index (χ2n) is 7.67. The third-order valence-corrected chi connectivity index (χ3v) is 6.89. The maximum Gasteiger partial charge on any atom is 0.283 e. The fourth-order valence-corrected chi connectivity index (χ4v) is 4.99. The smallest absolute Gasteiger partial charge is 0.283 e. The number of para-hydroxylation sites is 1. The topological polar surface area (TPSA) is 84.3 Å². The minimum absolute atomic E-state index is 0.0228. The van der Waals surface area contributed by atoms with Crippen molar-refractivity contribution in [2.75, 3.05) is 16.2 Å². The van der Waals surface area contributed by atoms with E-state index in [-0.39, 0.29) is 17.5 Å². The molecule has 0 saturated carbocycles. The van der Waals surface area contributed by atoms with Crippen LogP contribution in [0.3, 0.4) is 0 Å². The minimum atomic E-state index is -3.77. The first-order valence-electron chi connectivity index (χ1n) is 9.87. The summed E-state index contributed by atoms with van der Waals surface area (Å²) in [5.41, 5.74) is 3.59. The van der Waals surface area contributed by atoms with Gasteiger partial charge in [0.2, 0.25) is 5.91 Å². The number of carbonyl (C=O) groups is 1. The Morgan fingerprint density at radius 3 is 2.60 bits per heavy atom. The van der Waals surface area contributed by atoms with E-state index in [0.29, 0.717) is 30.3 Å². The van der Waals surface area contributed by atoms with Crippen LogP contribution in [0, 0.1) is 0 Å². The first kappa shape index (κ1) is 20.2. The molecule has 0 saturated heterocycles. The van der Waals surface area contributed by atoms with E-state index in [9.17, 15) is 13.2 Å². The highest BCUT2D eigenvalue weighted by molar-refractivity contribution is 7.92. The van der Waals surface area contributed by atoms with Crippen LogP contribution in [-0.4, -0.2) is 30.4 Å². The number of sulfonamides is 1. The van der Waals surface area contributed by atoms with Gasteiger partial charge < -0.3 is 9.88 Å². The summed E-state index contributed by atoms with van der Waals surface area (Å²) in [6.07, 6.45) is 3.45. The molecule has 3 aromatic rings. The summed E-state index contributed by atoms with van der Waals surface area (Å²) in [5.74, 6) is 0.170. The third kappa shape index (κ3) is 3.95. The normalized spacial score (nSPS) is 13.5. The molecular formula is C22H24N4O3S. The Labute approximate surface area is 176 Å². The monoisotopic (exact) mass is 424 g/mol. The summed E-state index contributed by atoms with van der Waals surface area (Å²) in [7, 11) is -3.77. The predicted octanol–water partition coefficient (Wildman–Crippen LogP) is 3.40. The summed E-state index contributed by atoms with van der Waals surface area (Å²) >= 11 is 0. The molecule has 1 N–H and O–H groups in total. The van der Waals surface area contributed by atoms with E-state index in [1.165, 1.54) is 27.0 Å². The first-order chi connectivity index (χ1) is 14.3. The molecule has 156 valence electrons. The van der Waals surface area contributed by atoms with Crippen molar-refractivity contribution < 1.29 is 13.2 Å². The van der Waals surface area contributed by atoms with Crippen molar-refractivity contribution in [3.8, 4) is 0 Å². The van der Waals surface area contributed by atoms with E-state index in [0.717, 1.165) is 5.56 Å². The maximum absolute atomic E-state index is 13.0. The summed E-state index contributed by atoms with van der Waals surface area (Å²) in [5, 5.41) is 2.76. The van der Waals surface area contributed by atoms with E-state index in [4.69, 9.17) is 0 Å². The van der Waals surface area contributed by atoms with E-state index >= 15 is 0 Å². The van der Waals surface area contributed by atoms with Crippen LogP contribution in [0.4, 0.5) is 11.4 Å². The summed E-state index contributed by atoms with van der Waals surface area (Å²) in [4.78, 5) is 16.4. The van der Waals surface area contributed by atoms with Crippen LogP contribution in [0.25, 0.3) is 0 Å². The fourth-order valence-electron chi connectivity index (χ4n) is 3.55. The van der Waals surface area contributed by atoms with Crippen molar-refractivity contribution in [2.45, 2.75) is 37.8 Å². The Morgan fingerprint density at radius 2 is 1.87 bits per heavy atom. The lowest BCUT2D eigenvalue weighted by Crippen LogP contribution is -2.29. The molecule has 30 heavy (non-hydrogen) atoms. The number of hydrogen-bond acceptors (Lipinski definition) is 4. The average Bonchev–Trinajstić information content (AvgIpc) is 3.36. The molecule has 0 unspecified atom stereocenters. The van der Waals surface area contributed by atoms with Gasteiger partial charge in [-0.15, -0.1) is 0 Å². The average molecular weight is 425 g/mol. The molecule has 0 spiro atoms. The zero-order valence-electron chi connectivity index (χ0n) is 16.9. The molecule has 0 aliphatic carbocycles. The van der Waals surface area contributed by atoms with Gasteiger partial charge >= 0.3 is 0 Å². The molecule has 2 aromatic carbocycles. The largest absolute Gasteiger partial charge is 0.327 e. The molecule has 1 amide bonds. The van der Waals surface area contributed by atoms with Gasteiger partial charge in [0.05, 0.1) is 12.0 Å². The number of rotatable bonds is 6. The first-order valence-corrected chi connectivity index (χ1v) is 11.3. The second-order valence-corrected chi connectivity index (χ2v) is 9.47. The van der Waals surface area contributed by atoms with E-state index in [1.807, 2.05) is 42.5 Å². The van der Waals surface area contributed by atoms with Crippen molar-refractivity contribution in [2.24, 2.45) is 0 Å². The number of benzene rings is 2. The fraction of sp³-hybridized carbons (Fsp3) is 0.273. The van der Waals surface area contributed by atoms with Crippen LogP contribution in [0.15, 0.2) is 66.1 Å². The number of carbonyl (C=O) groups excluding carboxylic acids is 1. The van der Waals surface area contributed by atoms with Gasteiger partial charge in [-0.1, -0.05) is 44.2 Å². The molecular weight excluding hydrogens is 400 g/mol. The van der Waals surface area contributed by atoms with Crippen LogP contribution in [0.1, 0.15) is 30.9 Å². The van der Waals surface area contributed by atoms with Crippen LogP contribution in [0.2, 0.25) is 0 Å². The van der Waals surface area contributed by atoms with Gasteiger partial charge in [0, 0.05) is 18.4 Å². The second kappa shape index (κ2) is 7.95. The zero-order chi connectivity index (χ0) is 21.3. The predicted molar refractivity (Wildman–Crippen MR) is 116 cm³/mol. The highest BCUT2D eigenvalue weighted by Gasteiger charge is 2.32. The molecule has 1 aliphatic heterocycles. The number of amides is 1. The lowest BCUT2D eigenvalue weighted by atomic mass is 10.0. The molecule has 7 nitrogen and oxygen atoms in total. The van der Waals surface area contributed by atoms with Crippen molar-refractivity contribution in [1.29, 1.82) is 0 Å². The van der Waals surface area contributed by atoms with Crippen LogP contribution >= 0.6 is 0 Å². The SMILES string of the molecule is CC(C)c1ccc(NC(=O)Cn2cnc(S(=O)(=O)N3CCc4ccccc43)c2)cc1. The number of hydrogen-bond donors (Lipinski definition) is 1. The Hall–Kier alpha value is -3.13. The third-order valence-electron chi connectivity index (χ3n) is 5.20. The van der Waals surface area contributed by atoms with E-state index in [2.05, 4.69) is 24.1 Å². The molecule has 0 atom stereocenters. The molecule has 0 radical (unpaired) electrons. The van der Waals surface area contributed by atoms with Crippen molar-refractivity contribution in [3.05, 3.63) is 72.2 Å². The molecule has 1 aliphatic rings. The molecule has 1 aromatic heterocycles. The summed E-state index contributed by atoms with van der Waals surface area (Å²) < 4.78 is 28.9. The zero-order valence-corrected chi connectivity index (χ0v) is 17.8. The quantitative estimate of drug-likeness (QED) is 0.657. The summed E-state index contributed by atoms with van der Waals surface area (Å²) in [6, 6.07) is 15.1. The van der Waals surface area contributed by atoms with Crippen LogP contribution in [0.5, 0.6) is 0 Å². The lowest BCUT2D eigenvalue weighted by Gasteiger charge is -2.17. The van der Waals surface area contributed by atoms with Gasteiger partial charge in [-0.25, -0.2) is 4.98 Å². The highest BCUT2D eigenvalue weighted by Crippen LogP contribution is 2.32. The molecule has 8 heteroatoms. The van der Waals surface area contributed by atoms with Gasteiger partial charge in [0.1, 0.15) is 6.54 Å². The number of aromatic nitrogens is 2. The highest BCUT2D eigenvalue weighted by atomic mass is 32.2. The Morgan fingerprint density at radius 1 is 1.13 bits per heavy atom. The molecule has 2 heterocycles. The number of fused-ring (bicyclic) bond motifs is 1. The lowest BCUT2D eigenvalue weighted by molar-refractivity contribution is -0.116. The van der Waals surface area contributed by atoms with Gasteiger partial charge in [0.25, 0.3) is 10.0 Å². The van der Waals surface area contributed by atoms with Crippen molar-refractivity contribution >= 4 is 27.3 Å². The molecule has 4 rings (SSSR count). The van der Waals surface area contributed by atoms with E-state index < -0.39 is 10.0 Å². The number of anilines is 2.